The highest BCUT2D eigenvalue weighted by Crippen LogP contribution is 2.01. The molecule has 0 rings (SSSR count). The van der Waals surface area contributed by atoms with Crippen LogP contribution >= 0.6 is 0 Å². The number of unbranched alkanes of at least 4 members (excludes halogenated alkanes) is 2. The van der Waals surface area contributed by atoms with E-state index in [9.17, 15) is 0 Å². The Bertz CT molecular complexity index is 54.9. The number of hydrogen-bond acceptors (Lipinski definition) is 2. The topological polar surface area (TPSA) is 38.0 Å². The van der Waals surface area contributed by atoms with Gasteiger partial charge < -0.3 is 0 Å². The Labute approximate surface area is 57.8 Å². The summed E-state index contributed by atoms with van der Waals surface area (Å²) in [7, 11) is 0. The van der Waals surface area contributed by atoms with E-state index in [1.165, 1.54) is 25.7 Å². The van der Waals surface area contributed by atoms with Gasteiger partial charge in [-0.3, -0.25) is 11.3 Å². The van der Waals surface area contributed by atoms with Crippen LogP contribution in [0.5, 0.6) is 0 Å². The minimum Gasteiger partial charge on any atom is -0.271 e. The lowest BCUT2D eigenvalue weighted by atomic mass is 10.1. The zero-order valence-electron chi connectivity index (χ0n) is 6.48. The van der Waals surface area contributed by atoms with Crippen molar-refractivity contribution < 1.29 is 0 Å². The molecule has 0 bridgehead atoms. The van der Waals surface area contributed by atoms with Crippen LogP contribution < -0.4 is 11.3 Å². The van der Waals surface area contributed by atoms with Crippen molar-refractivity contribution in [1.29, 1.82) is 0 Å². The van der Waals surface area contributed by atoms with Crippen molar-refractivity contribution >= 4 is 0 Å². The van der Waals surface area contributed by atoms with Gasteiger partial charge in [0.05, 0.1) is 0 Å². The fourth-order valence-corrected chi connectivity index (χ4v) is 0.784. The molecule has 0 aliphatic rings. The van der Waals surface area contributed by atoms with Gasteiger partial charge >= 0.3 is 0 Å². The zero-order chi connectivity index (χ0) is 7.11. The number of rotatable bonds is 5. The fourth-order valence-electron chi connectivity index (χ4n) is 0.784. The number of nitrogens with one attached hydrogen (secondary N) is 1. The van der Waals surface area contributed by atoms with Crippen molar-refractivity contribution in [2.75, 3.05) is 0 Å². The molecular weight excluding hydrogens is 112 g/mol. The van der Waals surface area contributed by atoms with E-state index in [-0.39, 0.29) is 0 Å². The maximum absolute atomic E-state index is 5.20. The van der Waals surface area contributed by atoms with Crippen molar-refractivity contribution in [3.05, 3.63) is 0 Å². The molecule has 56 valence electrons. The Hall–Kier alpha value is -0.0800. The lowest BCUT2D eigenvalue weighted by Gasteiger charge is -2.07. The molecule has 0 saturated carbocycles. The first-order chi connectivity index (χ1) is 4.31. The van der Waals surface area contributed by atoms with E-state index in [1.54, 1.807) is 0 Å². The SMILES string of the molecule is CCCCCC(C)NN. The average molecular weight is 130 g/mol. The first-order valence-corrected chi connectivity index (χ1v) is 3.77. The lowest BCUT2D eigenvalue weighted by molar-refractivity contribution is 0.501. The van der Waals surface area contributed by atoms with Crippen LogP contribution in [0.2, 0.25) is 0 Å². The van der Waals surface area contributed by atoms with Gasteiger partial charge in [-0.1, -0.05) is 26.2 Å². The summed E-state index contributed by atoms with van der Waals surface area (Å²) in [4.78, 5) is 0. The molecule has 0 amide bonds. The zero-order valence-corrected chi connectivity index (χ0v) is 6.48. The molecular formula is C7H18N2. The van der Waals surface area contributed by atoms with E-state index >= 15 is 0 Å². The lowest BCUT2D eigenvalue weighted by Crippen LogP contribution is -2.32. The summed E-state index contributed by atoms with van der Waals surface area (Å²) in [6.07, 6.45) is 5.11. The van der Waals surface area contributed by atoms with Gasteiger partial charge in [-0.25, -0.2) is 0 Å². The van der Waals surface area contributed by atoms with Crippen LogP contribution in [0.3, 0.4) is 0 Å². The van der Waals surface area contributed by atoms with E-state index in [1.807, 2.05) is 0 Å². The van der Waals surface area contributed by atoms with E-state index in [2.05, 4.69) is 19.3 Å². The molecule has 0 aromatic carbocycles. The number of hydrazine groups is 1. The summed E-state index contributed by atoms with van der Waals surface area (Å²) >= 11 is 0. The summed E-state index contributed by atoms with van der Waals surface area (Å²) in [5, 5.41) is 0. The van der Waals surface area contributed by atoms with Crippen LogP contribution in [-0.2, 0) is 0 Å². The molecule has 1 atom stereocenters. The third-order valence-electron chi connectivity index (χ3n) is 1.53. The monoisotopic (exact) mass is 130 g/mol. The first kappa shape index (κ1) is 8.92. The average Bonchev–Trinajstić information content (AvgIpc) is 1.89. The summed E-state index contributed by atoms with van der Waals surface area (Å²) in [6.45, 7) is 4.32. The number of nitrogens with two attached hydrogens (primary N) is 1. The second-order valence-electron chi connectivity index (χ2n) is 2.56. The summed E-state index contributed by atoms with van der Waals surface area (Å²) < 4.78 is 0. The Morgan fingerprint density at radius 2 is 2.11 bits per heavy atom. The second kappa shape index (κ2) is 6.05. The maximum atomic E-state index is 5.20. The van der Waals surface area contributed by atoms with E-state index in [0.717, 1.165) is 0 Å². The first-order valence-electron chi connectivity index (χ1n) is 3.77. The fraction of sp³-hybridized carbons (Fsp3) is 1.00. The molecule has 0 spiro atoms. The van der Waals surface area contributed by atoms with Crippen molar-refractivity contribution in [2.24, 2.45) is 5.84 Å². The van der Waals surface area contributed by atoms with Crippen molar-refractivity contribution in [2.45, 2.75) is 45.6 Å². The van der Waals surface area contributed by atoms with E-state index in [4.69, 9.17) is 5.84 Å². The third-order valence-corrected chi connectivity index (χ3v) is 1.53. The van der Waals surface area contributed by atoms with E-state index in [0.29, 0.717) is 6.04 Å². The van der Waals surface area contributed by atoms with Crippen molar-refractivity contribution in [3.8, 4) is 0 Å². The Morgan fingerprint density at radius 3 is 2.56 bits per heavy atom. The largest absolute Gasteiger partial charge is 0.271 e. The quantitative estimate of drug-likeness (QED) is 0.335. The Kier molecular flexibility index (Phi) is 5.99. The molecule has 0 radical (unpaired) electrons. The second-order valence-corrected chi connectivity index (χ2v) is 2.56. The molecule has 2 heteroatoms. The Morgan fingerprint density at radius 1 is 1.44 bits per heavy atom. The predicted octanol–water partition coefficient (Wildman–Crippen LogP) is 1.42. The van der Waals surface area contributed by atoms with Crippen LogP contribution in [0.15, 0.2) is 0 Å². The summed E-state index contributed by atoms with van der Waals surface area (Å²) in [6, 6.07) is 0.483. The van der Waals surface area contributed by atoms with Crippen LogP contribution in [0.1, 0.15) is 39.5 Å². The molecule has 2 nitrogen and oxygen atoms in total. The molecule has 0 fully saturated rings. The minimum absolute atomic E-state index is 0.483. The molecule has 9 heavy (non-hydrogen) atoms. The normalized spacial score (nSPS) is 13.7. The standard InChI is InChI=1S/C7H18N2/c1-3-4-5-6-7(2)9-8/h7,9H,3-6,8H2,1-2H3. The molecule has 3 N–H and O–H groups in total. The minimum atomic E-state index is 0.483. The van der Waals surface area contributed by atoms with Gasteiger partial charge in [0, 0.05) is 6.04 Å². The van der Waals surface area contributed by atoms with Gasteiger partial charge in [0.2, 0.25) is 0 Å². The molecule has 0 aliphatic carbocycles. The predicted molar refractivity (Wildman–Crippen MR) is 40.9 cm³/mol. The molecule has 0 aromatic rings. The Balaban J connectivity index is 2.88. The smallest absolute Gasteiger partial charge is 0.0182 e. The molecule has 1 unspecified atom stereocenters. The van der Waals surface area contributed by atoms with Gasteiger partial charge in [-0.15, -0.1) is 0 Å². The van der Waals surface area contributed by atoms with Crippen LogP contribution in [0.25, 0.3) is 0 Å². The van der Waals surface area contributed by atoms with E-state index < -0.39 is 0 Å². The van der Waals surface area contributed by atoms with Gasteiger partial charge in [0.1, 0.15) is 0 Å². The summed E-state index contributed by atoms with van der Waals surface area (Å²) in [5.41, 5.74) is 2.72. The third kappa shape index (κ3) is 5.80. The van der Waals surface area contributed by atoms with Crippen LogP contribution in [0.4, 0.5) is 0 Å². The van der Waals surface area contributed by atoms with Crippen molar-refractivity contribution in [3.63, 3.8) is 0 Å². The van der Waals surface area contributed by atoms with Gasteiger partial charge in [-0.2, -0.15) is 0 Å². The molecule has 0 aliphatic heterocycles. The maximum Gasteiger partial charge on any atom is 0.0182 e. The highest BCUT2D eigenvalue weighted by atomic mass is 15.2. The number of hydrogen-bond donors (Lipinski definition) is 2. The van der Waals surface area contributed by atoms with Crippen LogP contribution in [-0.4, -0.2) is 6.04 Å². The summed E-state index contributed by atoms with van der Waals surface area (Å²) in [5.74, 6) is 5.20. The van der Waals surface area contributed by atoms with Gasteiger partial charge in [-0.05, 0) is 13.3 Å². The highest BCUT2D eigenvalue weighted by molar-refractivity contribution is 4.54. The van der Waals surface area contributed by atoms with Gasteiger partial charge in [0.15, 0.2) is 0 Å². The molecule has 0 heterocycles. The van der Waals surface area contributed by atoms with Crippen LogP contribution in [0, 0.1) is 0 Å². The van der Waals surface area contributed by atoms with Gasteiger partial charge in [0.25, 0.3) is 0 Å². The highest BCUT2D eigenvalue weighted by Gasteiger charge is 1.95. The molecule has 0 aromatic heterocycles. The molecule has 0 saturated heterocycles. The van der Waals surface area contributed by atoms with Crippen molar-refractivity contribution in [1.82, 2.24) is 5.43 Å².